The van der Waals surface area contributed by atoms with Crippen molar-refractivity contribution < 1.29 is 19.5 Å². The van der Waals surface area contributed by atoms with Gasteiger partial charge >= 0.3 is 0 Å². The van der Waals surface area contributed by atoms with Crippen LogP contribution in [-0.4, -0.2) is 42.2 Å². The van der Waals surface area contributed by atoms with Gasteiger partial charge in [0, 0.05) is 18.0 Å². The predicted octanol–water partition coefficient (Wildman–Crippen LogP) is 5.55. The van der Waals surface area contributed by atoms with E-state index in [0.717, 1.165) is 53.4 Å². The van der Waals surface area contributed by atoms with Gasteiger partial charge in [-0.1, -0.05) is 61.4 Å². The van der Waals surface area contributed by atoms with Crippen LogP contribution in [0.1, 0.15) is 84.3 Å². The third-order valence-electron chi connectivity index (χ3n) is 9.10. The number of nitrogens with one attached hydrogen (secondary N) is 1. The normalized spacial score (nSPS) is 17.6. The number of fused-ring (bicyclic) bond motifs is 1. The van der Waals surface area contributed by atoms with E-state index in [2.05, 4.69) is 10.2 Å². The van der Waals surface area contributed by atoms with Crippen LogP contribution in [0.4, 0.5) is 5.69 Å². The van der Waals surface area contributed by atoms with Crippen molar-refractivity contribution in [1.82, 2.24) is 4.90 Å². The van der Waals surface area contributed by atoms with Gasteiger partial charge in [-0.2, -0.15) is 0 Å². The Morgan fingerprint density at radius 3 is 2.35 bits per heavy atom. The number of carboxylic acid groups (broad SMARTS) is 1. The number of anilines is 1. The maximum Gasteiger partial charge on any atom is 0.225 e. The second kappa shape index (κ2) is 11.9. The molecule has 1 N–H and O–H groups in total. The van der Waals surface area contributed by atoms with Gasteiger partial charge in [0.25, 0.3) is 0 Å². The zero-order valence-electron chi connectivity index (χ0n) is 23.6. The Morgan fingerprint density at radius 2 is 1.62 bits per heavy atom. The molecule has 2 aliphatic rings. The maximum absolute atomic E-state index is 13.6. The van der Waals surface area contributed by atoms with Crippen molar-refractivity contribution in [3.05, 3.63) is 76.9 Å². The molecule has 210 valence electrons. The minimum atomic E-state index is -1.20. The summed E-state index contributed by atoms with van der Waals surface area (Å²) in [4.78, 5) is 40.9. The Balaban J connectivity index is 1.33. The molecule has 6 heteroatoms. The van der Waals surface area contributed by atoms with Gasteiger partial charge in [-0.3, -0.25) is 14.5 Å². The molecule has 1 aliphatic carbocycles. The molecule has 3 aromatic rings. The predicted molar refractivity (Wildman–Crippen MR) is 156 cm³/mol. The second-order valence-corrected chi connectivity index (χ2v) is 12.0. The number of carboxylic acids is 1. The van der Waals surface area contributed by atoms with Crippen molar-refractivity contribution in [3.63, 3.8) is 0 Å². The van der Waals surface area contributed by atoms with E-state index in [1.54, 1.807) is 0 Å². The van der Waals surface area contributed by atoms with E-state index in [-0.39, 0.29) is 24.5 Å². The van der Waals surface area contributed by atoms with Gasteiger partial charge in [-0.15, -0.1) is 0 Å². The molecule has 3 aromatic carbocycles. The van der Waals surface area contributed by atoms with Crippen LogP contribution in [0, 0.1) is 19.3 Å². The zero-order valence-corrected chi connectivity index (χ0v) is 23.6. The van der Waals surface area contributed by atoms with E-state index in [9.17, 15) is 19.5 Å². The fourth-order valence-electron chi connectivity index (χ4n) is 6.97. The number of amides is 1. The largest absolute Gasteiger partial charge is 0.550 e. The summed E-state index contributed by atoms with van der Waals surface area (Å²) in [6.45, 7) is 6.07. The van der Waals surface area contributed by atoms with Gasteiger partial charge in [-0.25, -0.2) is 0 Å². The Bertz CT molecular complexity index is 1410. The lowest BCUT2D eigenvalue weighted by Crippen LogP contribution is -2.41. The number of Topliss-reactive ketones (excluding diaryl/α,β-unsaturated/α-hetero) is 1. The third-order valence-corrected chi connectivity index (χ3v) is 9.10. The number of carbonyl (C=O) groups excluding carboxylic acids is 3. The second-order valence-electron chi connectivity index (χ2n) is 12.0. The van der Waals surface area contributed by atoms with Gasteiger partial charge in [0.15, 0.2) is 5.78 Å². The summed E-state index contributed by atoms with van der Waals surface area (Å²) in [6.07, 6.45) is 7.31. The van der Waals surface area contributed by atoms with Crippen LogP contribution in [0.25, 0.3) is 10.8 Å². The lowest BCUT2D eigenvalue weighted by molar-refractivity contribution is -0.306. The molecule has 1 saturated heterocycles. The van der Waals surface area contributed by atoms with E-state index >= 15 is 0 Å². The lowest BCUT2D eigenvalue weighted by atomic mass is 9.77. The Morgan fingerprint density at radius 1 is 0.925 bits per heavy atom. The lowest BCUT2D eigenvalue weighted by Gasteiger charge is -2.39. The van der Waals surface area contributed by atoms with Crippen molar-refractivity contribution in [2.75, 3.05) is 25.0 Å². The molecule has 1 atom stereocenters. The average Bonchev–Trinajstić information content (AvgIpc) is 3.38. The summed E-state index contributed by atoms with van der Waals surface area (Å²) in [6, 6.07) is 17.3. The van der Waals surface area contributed by atoms with Crippen molar-refractivity contribution in [3.8, 4) is 0 Å². The van der Waals surface area contributed by atoms with Crippen LogP contribution in [0.2, 0.25) is 0 Å². The molecule has 2 fully saturated rings. The van der Waals surface area contributed by atoms with Crippen LogP contribution < -0.4 is 10.4 Å². The highest BCUT2D eigenvalue weighted by Crippen LogP contribution is 2.46. The van der Waals surface area contributed by atoms with Gasteiger partial charge in [-0.05, 0) is 104 Å². The third kappa shape index (κ3) is 6.28. The van der Waals surface area contributed by atoms with Crippen LogP contribution in [0.5, 0.6) is 0 Å². The minimum absolute atomic E-state index is 0.00445. The summed E-state index contributed by atoms with van der Waals surface area (Å²) >= 11 is 0. The molecular weight excluding hydrogens is 500 g/mol. The highest BCUT2D eigenvalue weighted by atomic mass is 16.4. The number of carbonyl (C=O) groups is 3. The topological polar surface area (TPSA) is 89.5 Å². The van der Waals surface area contributed by atoms with E-state index in [1.165, 1.54) is 25.7 Å². The van der Waals surface area contributed by atoms with Crippen LogP contribution >= 0.6 is 0 Å². The molecule has 0 bridgehead atoms. The Hall–Kier alpha value is -3.51. The molecule has 0 radical (unpaired) electrons. The van der Waals surface area contributed by atoms with Crippen molar-refractivity contribution in [1.29, 1.82) is 0 Å². The van der Waals surface area contributed by atoms with Crippen LogP contribution in [-0.2, 0) is 9.59 Å². The first-order valence-electron chi connectivity index (χ1n) is 14.6. The summed E-state index contributed by atoms with van der Waals surface area (Å²) in [5.74, 6) is -2.07. The molecular formula is C34H39N2O4-. The number of ketones is 1. The first kappa shape index (κ1) is 28.0. The minimum Gasteiger partial charge on any atom is -0.550 e. The molecule has 1 aliphatic heterocycles. The van der Waals surface area contributed by atoms with E-state index < -0.39 is 11.9 Å². The quantitative estimate of drug-likeness (QED) is 0.360. The SMILES string of the molecule is Cc1cc(C)c(NC(=O)CC(CC(=O)[O-])c2cccc3ccccc23)c(C(=O)CN2CCC3(CCCC3)CC2)c1. The van der Waals surface area contributed by atoms with Gasteiger partial charge in [0.05, 0.1) is 12.2 Å². The molecule has 1 spiro atoms. The van der Waals surface area contributed by atoms with E-state index in [4.69, 9.17) is 0 Å². The molecule has 1 amide bonds. The van der Waals surface area contributed by atoms with Crippen molar-refractivity contribution in [2.45, 2.75) is 71.1 Å². The number of aryl methyl sites for hydroxylation is 2. The van der Waals surface area contributed by atoms with Gasteiger partial charge in [0.1, 0.15) is 0 Å². The monoisotopic (exact) mass is 539 g/mol. The number of likely N-dealkylation sites (tertiary alicyclic amines) is 1. The molecule has 5 rings (SSSR count). The van der Waals surface area contributed by atoms with E-state index in [0.29, 0.717) is 23.2 Å². The number of nitrogens with zero attached hydrogens (tertiary/aromatic N) is 1. The molecule has 1 heterocycles. The standard InChI is InChI=1S/C34H40N2O4/c1-23-18-24(2)33(29(19-23)30(37)22-36-16-14-34(15-17-36)12-5-6-13-34)35-31(38)20-26(21-32(39)40)28-11-7-9-25-8-3-4-10-27(25)28/h3-4,7-11,18-19,26H,5-6,12-17,20-22H2,1-2H3,(H,35,38)(H,39,40)/p-1. The summed E-state index contributed by atoms with van der Waals surface area (Å²) in [5, 5.41) is 16.6. The van der Waals surface area contributed by atoms with Crippen molar-refractivity contribution in [2.24, 2.45) is 5.41 Å². The average molecular weight is 540 g/mol. The smallest absolute Gasteiger partial charge is 0.225 e. The number of aliphatic carboxylic acids is 1. The molecule has 1 saturated carbocycles. The summed E-state index contributed by atoms with van der Waals surface area (Å²) in [7, 11) is 0. The Labute approximate surface area is 236 Å². The summed E-state index contributed by atoms with van der Waals surface area (Å²) in [5.41, 5.74) is 4.13. The fraction of sp³-hybridized carbons (Fsp3) is 0.441. The van der Waals surface area contributed by atoms with Gasteiger partial charge in [0.2, 0.25) is 5.91 Å². The maximum atomic E-state index is 13.6. The first-order chi connectivity index (χ1) is 19.2. The zero-order chi connectivity index (χ0) is 28.3. The van der Waals surface area contributed by atoms with Crippen LogP contribution in [0.15, 0.2) is 54.6 Å². The number of rotatable bonds is 9. The Kier molecular flexibility index (Phi) is 8.36. The highest BCUT2D eigenvalue weighted by molar-refractivity contribution is 6.07. The fourth-order valence-corrected chi connectivity index (χ4v) is 6.97. The number of benzene rings is 3. The summed E-state index contributed by atoms with van der Waals surface area (Å²) < 4.78 is 0. The van der Waals surface area contributed by atoms with Crippen molar-refractivity contribution >= 4 is 34.1 Å². The molecule has 40 heavy (non-hydrogen) atoms. The van der Waals surface area contributed by atoms with Gasteiger partial charge < -0.3 is 15.2 Å². The number of hydrogen-bond donors (Lipinski definition) is 1. The molecule has 0 aromatic heterocycles. The van der Waals surface area contributed by atoms with E-state index in [1.807, 2.05) is 68.4 Å². The molecule has 6 nitrogen and oxygen atoms in total. The molecule has 1 unspecified atom stereocenters. The number of hydrogen-bond acceptors (Lipinski definition) is 5. The first-order valence-corrected chi connectivity index (χ1v) is 14.6. The highest BCUT2D eigenvalue weighted by Gasteiger charge is 2.37. The number of piperidine rings is 1. The van der Waals surface area contributed by atoms with Crippen LogP contribution in [0.3, 0.4) is 0 Å².